The smallest absolute Gasteiger partial charge is 0.258 e. The molecule has 0 unspecified atom stereocenters. The van der Waals surface area contributed by atoms with Crippen LogP contribution >= 0.6 is 11.8 Å². The van der Waals surface area contributed by atoms with E-state index in [-0.39, 0.29) is 5.56 Å². The number of aromatic nitrogens is 2. The molecule has 0 atom stereocenters. The molecule has 0 amide bonds. The number of aryl methyl sites for hydroxylation is 1. The lowest BCUT2D eigenvalue weighted by Gasteiger charge is -2.22. The zero-order valence-corrected chi connectivity index (χ0v) is 20.4. The molecule has 3 aromatic rings. The van der Waals surface area contributed by atoms with Gasteiger partial charge in [0.25, 0.3) is 5.56 Å². The van der Waals surface area contributed by atoms with Crippen LogP contribution in [0, 0.1) is 6.92 Å². The standard InChI is InChI=1S/C27H31N3OS/c1-6-18(2)20(4)32-25-15-22(8-7-19(25)3)24-16-27(31)30-17-23(9-10-26(30)28-24)21-11-13-29(5)14-12-21/h7-11,15-17H,6,12-14H2,1-5H3/b20-18+. The first-order valence-corrected chi connectivity index (χ1v) is 12.0. The van der Waals surface area contributed by atoms with Crippen LogP contribution in [0.5, 0.6) is 0 Å². The van der Waals surface area contributed by atoms with Crippen LogP contribution in [-0.4, -0.2) is 34.4 Å². The lowest BCUT2D eigenvalue weighted by Crippen LogP contribution is -2.24. The van der Waals surface area contributed by atoms with Gasteiger partial charge < -0.3 is 4.90 Å². The molecule has 2 aromatic heterocycles. The second kappa shape index (κ2) is 9.47. The van der Waals surface area contributed by atoms with E-state index >= 15 is 0 Å². The van der Waals surface area contributed by atoms with Gasteiger partial charge in [0.05, 0.1) is 5.69 Å². The van der Waals surface area contributed by atoms with Crippen molar-refractivity contribution < 1.29 is 0 Å². The number of likely N-dealkylation sites (N-methyl/N-ethyl adjacent to an activating group) is 1. The highest BCUT2D eigenvalue weighted by Crippen LogP contribution is 2.34. The number of nitrogens with zero attached hydrogens (tertiary/aromatic N) is 3. The Kier molecular flexibility index (Phi) is 6.68. The Morgan fingerprint density at radius 1 is 1.12 bits per heavy atom. The molecule has 32 heavy (non-hydrogen) atoms. The summed E-state index contributed by atoms with van der Waals surface area (Å²) >= 11 is 1.80. The molecular formula is C27H31N3OS. The van der Waals surface area contributed by atoms with Gasteiger partial charge in [0.15, 0.2) is 0 Å². The second-order valence-corrected chi connectivity index (χ2v) is 9.90. The number of pyridine rings is 1. The average Bonchev–Trinajstić information content (AvgIpc) is 2.80. The van der Waals surface area contributed by atoms with E-state index in [4.69, 9.17) is 4.98 Å². The third-order valence-electron chi connectivity index (χ3n) is 6.32. The minimum Gasteiger partial charge on any atom is -0.302 e. The van der Waals surface area contributed by atoms with Crippen LogP contribution in [0.15, 0.2) is 68.8 Å². The van der Waals surface area contributed by atoms with Crippen molar-refractivity contribution in [2.75, 3.05) is 20.1 Å². The maximum absolute atomic E-state index is 13.0. The van der Waals surface area contributed by atoms with Gasteiger partial charge in [-0.25, -0.2) is 4.98 Å². The highest BCUT2D eigenvalue weighted by Gasteiger charge is 2.13. The number of rotatable bonds is 5. The van der Waals surface area contributed by atoms with E-state index in [0.717, 1.165) is 42.8 Å². The van der Waals surface area contributed by atoms with Gasteiger partial charge in [-0.3, -0.25) is 9.20 Å². The molecule has 1 aliphatic heterocycles. The van der Waals surface area contributed by atoms with Crippen molar-refractivity contribution in [3.8, 4) is 11.3 Å². The van der Waals surface area contributed by atoms with E-state index < -0.39 is 0 Å². The van der Waals surface area contributed by atoms with Crippen molar-refractivity contribution >= 4 is 23.0 Å². The molecule has 0 saturated heterocycles. The summed E-state index contributed by atoms with van der Waals surface area (Å²) in [6, 6.07) is 12.0. The van der Waals surface area contributed by atoms with Crippen molar-refractivity contribution in [3.05, 3.63) is 80.6 Å². The van der Waals surface area contributed by atoms with Gasteiger partial charge >= 0.3 is 0 Å². The van der Waals surface area contributed by atoms with Crippen LogP contribution in [0.1, 0.15) is 44.7 Å². The summed E-state index contributed by atoms with van der Waals surface area (Å²) in [5, 5.41) is 0. The summed E-state index contributed by atoms with van der Waals surface area (Å²) in [5.41, 5.74) is 7.36. The van der Waals surface area contributed by atoms with Crippen molar-refractivity contribution in [2.45, 2.75) is 45.4 Å². The largest absolute Gasteiger partial charge is 0.302 e. The highest BCUT2D eigenvalue weighted by atomic mass is 32.2. The van der Waals surface area contributed by atoms with Gasteiger partial charge in [-0.1, -0.05) is 42.5 Å². The number of thioether (sulfide) groups is 1. The first-order chi connectivity index (χ1) is 15.4. The fraction of sp³-hybridized carbons (Fsp3) is 0.333. The van der Waals surface area contributed by atoms with E-state index in [0.29, 0.717) is 5.65 Å². The van der Waals surface area contributed by atoms with Crippen LogP contribution in [-0.2, 0) is 0 Å². The Hall–Kier alpha value is -2.63. The van der Waals surface area contributed by atoms with Gasteiger partial charge in [-0.05, 0) is 80.5 Å². The summed E-state index contributed by atoms with van der Waals surface area (Å²) in [4.78, 5) is 22.6. The van der Waals surface area contributed by atoms with Crippen LogP contribution in [0.4, 0.5) is 0 Å². The zero-order valence-electron chi connectivity index (χ0n) is 19.6. The van der Waals surface area contributed by atoms with E-state index in [9.17, 15) is 4.79 Å². The molecule has 5 heteroatoms. The molecule has 0 saturated carbocycles. The molecule has 0 spiro atoms. The number of hydrogen-bond donors (Lipinski definition) is 0. The maximum Gasteiger partial charge on any atom is 0.258 e. The van der Waals surface area contributed by atoms with E-state index in [2.05, 4.69) is 70.0 Å². The predicted octanol–water partition coefficient (Wildman–Crippen LogP) is 6.18. The minimum absolute atomic E-state index is 0.0481. The number of fused-ring (bicyclic) bond motifs is 1. The Balaban J connectivity index is 1.71. The van der Waals surface area contributed by atoms with Crippen LogP contribution < -0.4 is 5.56 Å². The van der Waals surface area contributed by atoms with Crippen LogP contribution in [0.25, 0.3) is 22.5 Å². The average molecular weight is 446 g/mol. The molecule has 0 bridgehead atoms. The van der Waals surface area contributed by atoms with Gasteiger partial charge in [0.2, 0.25) is 0 Å². The van der Waals surface area contributed by atoms with E-state index in [1.54, 1.807) is 22.2 Å². The molecule has 0 aliphatic carbocycles. The number of benzene rings is 1. The molecule has 1 aliphatic rings. The van der Waals surface area contributed by atoms with Gasteiger partial charge in [0.1, 0.15) is 5.65 Å². The molecule has 4 rings (SSSR count). The third kappa shape index (κ3) is 4.74. The van der Waals surface area contributed by atoms with Gasteiger partial charge in [-0.2, -0.15) is 0 Å². The normalized spacial score (nSPS) is 15.6. The highest BCUT2D eigenvalue weighted by molar-refractivity contribution is 8.03. The zero-order chi connectivity index (χ0) is 22.8. The number of hydrogen-bond acceptors (Lipinski definition) is 4. The van der Waals surface area contributed by atoms with Crippen molar-refractivity contribution in [2.24, 2.45) is 0 Å². The Bertz CT molecular complexity index is 1290. The number of allylic oxidation sites excluding steroid dienone is 2. The second-order valence-electron chi connectivity index (χ2n) is 8.64. The molecular weight excluding hydrogens is 414 g/mol. The Morgan fingerprint density at radius 2 is 1.91 bits per heavy atom. The van der Waals surface area contributed by atoms with Crippen LogP contribution in [0.3, 0.4) is 0 Å². The lowest BCUT2D eigenvalue weighted by molar-refractivity contribution is 0.370. The van der Waals surface area contributed by atoms with Gasteiger partial charge in [-0.15, -0.1) is 0 Å². The van der Waals surface area contributed by atoms with Crippen LogP contribution in [0.2, 0.25) is 0 Å². The maximum atomic E-state index is 13.0. The molecule has 0 radical (unpaired) electrons. The summed E-state index contributed by atoms with van der Waals surface area (Å²) < 4.78 is 1.67. The summed E-state index contributed by atoms with van der Waals surface area (Å²) in [7, 11) is 2.13. The Labute approximate surface area is 194 Å². The molecule has 0 N–H and O–H groups in total. The topological polar surface area (TPSA) is 37.6 Å². The quantitative estimate of drug-likeness (QED) is 0.439. The fourth-order valence-electron chi connectivity index (χ4n) is 3.84. The van der Waals surface area contributed by atoms with Crippen molar-refractivity contribution in [1.82, 2.24) is 14.3 Å². The minimum atomic E-state index is -0.0481. The molecule has 166 valence electrons. The third-order valence-corrected chi connectivity index (χ3v) is 7.64. The van der Waals surface area contributed by atoms with Crippen molar-refractivity contribution in [3.63, 3.8) is 0 Å². The van der Waals surface area contributed by atoms with Crippen molar-refractivity contribution in [1.29, 1.82) is 0 Å². The van der Waals surface area contributed by atoms with E-state index in [1.165, 1.54) is 26.5 Å². The van der Waals surface area contributed by atoms with Gasteiger partial charge in [0, 0.05) is 35.8 Å². The van der Waals surface area contributed by atoms with E-state index in [1.807, 2.05) is 12.3 Å². The monoisotopic (exact) mass is 445 g/mol. The lowest BCUT2D eigenvalue weighted by atomic mass is 10.0. The predicted molar refractivity (Wildman–Crippen MR) is 136 cm³/mol. The first kappa shape index (κ1) is 22.6. The molecule has 3 heterocycles. The summed E-state index contributed by atoms with van der Waals surface area (Å²) in [6.45, 7) is 10.7. The molecule has 1 aromatic carbocycles. The summed E-state index contributed by atoms with van der Waals surface area (Å²) in [5.74, 6) is 0. The summed E-state index contributed by atoms with van der Waals surface area (Å²) in [6.07, 6.45) is 6.23. The molecule has 0 fully saturated rings. The molecule has 4 nitrogen and oxygen atoms in total. The Morgan fingerprint density at radius 3 is 2.62 bits per heavy atom. The SMILES string of the molecule is CC/C(C)=C(\C)Sc1cc(-c2cc(=O)n3cc(C4=CCN(C)CC4)ccc3n2)ccc1C. The first-order valence-electron chi connectivity index (χ1n) is 11.2. The fourth-order valence-corrected chi connectivity index (χ4v) is 4.91.